The Morgan fingerprint density at radius 3 is 2.12 bits per heavy atom. The molecule has 3 aromatic carbocycles. The van der Waals surface area contributed by atoms with Crippen LogP contribution in [-0.2, 0) is 16.6 Å². The van der Waals surface area contributed by atoms with Crippen LogP contribution in [0.1, 0.15) is 5.56 Å². The molecule has 3 rings (SSSR count). The molecule has 0 saturated carbocycles. The van der Waals surface area contributed by atoms with Gasteiger partial charge in [0.15, 0.2) is 0 Å². The summed E-state index contributed by atoms with van der Waals surface area (Å²) < 4.78 is 54.7. The molecule has 0 amide bonds. The number of anilines is 1. The van der Waals surface area contributed by atoms with Crippen molar-refractivity contribution in [2.75, 3.05) is 4.31 Å². The SMILES string of the molecule is O=S(=O)(c1ccc(F)cc1)N(Cc1ccccc1Cl)c1ccccc1F. The van der Waals surface area contributed by atoms with E-state index in [1.54, 1.807) is 24.3 Å². The number of benzene rings is 3. The molecule has 3 aromatic rings. The third kappa shape index (κ3) is 3.71. The summed E-state index contributed by atoms with van der Waals surface area (Å²) in [6.45, 7) is -0.166. The van der Waals surface area contributed by atoms with Crippen molar-refractivity contribution in [3.63, 3.8) is 0 Å². The molecule has 0 fully saturated rings. The van der Waals surface area contributed by atoms with Crippen LogP contribution in [0.15, 0.2) is 77.7 Å². The van der Waals surface area contributed by atoms with Crippen molar-refractivity contribution in [2.45, 2.75) is 11.4 Å². The Morgan fingerprint density at radius 1 is 0.846 bits per heavy atom. The highest BCUT2D eigenvalue weighted by Gasteiger charge is 2.27. The lowest BCUT2D eigenvalue weighted by molar-refractivity contribution is 0.583. The maximum Gasteiger partial charge on any atom is 0.264 e. The van der Waals surface area contributed by atoms with E-state index in [1.165, 1.54) is 24.3 Å². The zero-order valence-electron chi connectivity index (χ0n) is 13.4. The molecule has 7 heteroatoms. The van der Waals surface area contributed by atoms with Gasteiger partial charge in [-0.3, -0.25) is 4.31 Å². The first-order valence-electron chi connectivity index (χ1n) is 7.66. The van der Waals surface area contributed by atoms with E-state index in [4.69, 9.17) is 11.6 Å². The number of rotatable bonds is 5. The van der Waals surface area contributed by atoms with Crippen molar-refractivity contribution >= 4 is 27.3 Å². The fourth-order valence-corrected chi connectivity index (χ4v) is 4.11. The maximum absolute atomic E-state index is 14.4. The standard InChI is InChI=1S/C19H14ClF2NO2S/c20-17-6-2-1-5-14(17)13-23(19-8-4-3-7-18(19)22)26(24,25)16-11-9-15(21)10-12-16/h1-12H,13H2. The van der Waals surface area contributed by atoms with Gasteiger partial charge >= 0.3 is 0 Å². The molecular formula is C19H14ClF2NO2S. The van der Waals surface area contributed by atoms with Gasteiger partial charge in [0.1, 0.15) is 11.6 Å². The van der Waals surface area contributed by atoms with Crippen LogP contribution in [0.3, 0.4) is 0 Å². The summed E-state index contributed by atoms with van der Waals surface area (Å²) in [6, 6.07) is 16.6. The van der Waals surface area contributed by atoms with Crippen molar-refractivity contribution in [3.8, 4) is 0 Å². The van der Waals surface area contributed by atoms with E-state index >= 15 is 0 Å². The zero-order valence-corrected chi connectivity index (χ0v) is 15.0. The lowest BCUT2D eigenvalue weighted by Crippen LogP contribution is -2.31. The fourth-order valence-electron chi connectivity index (χ4n) is 2.47. The highest BCUT2D eigenvalue weighted by molar-refractivity contribution is 7.92. The first kappa shape index (κ1) is 18.4. The number of para-hydroxylation sites is 1. The molecule has 0 bridgehead atoms. The largest absolute Gasteiger partial charge is 0.264 e. The maximum atomic E-state index is 14.4. The average molecular weight is 394 g/mol. The van der Waals surface area contributed by atoms with Gasteiger partial charge < -0.3 is 0 Å². The minimum absolute atomic E-state index is 0.114. The second kappa shape index (κ2) is 7.43. The van der Waals surface area contributed by atoms with Gasteiger partial charge in [-0.1, -0.05) is 41.9 Å². The van der Waals surface area contributed by atoms with Crippen molar-refractivity contribution in [1.82, 2.24) is 0 Å². The molecule has 0 spiro atoms. The third-order valence-electron chi connectivity index (χ3n) is 3.79. The number of hydrogen-bond donors (Lipinski definition) is 0. The van der Waals surface area contributed by atoms with Crippen molar-refractivity contribution in [1.29, 1.82) is 0 Å². The van der Waals surface area contributed by atoms with Gasteiger partial charge in [-0.05, 0) is 48.0 Å². The van der Waals surface area contributed by atoms with Gasteiger partial charge in [0.2, 0.25) is 0 Å². The van der Waals surface area contributed by atoms with E-state index in [1.807, 2.05) is 0 Å². The van der Waals surface area contributed by atoms with Crippen LogP contribution in [0, 0.1) is 11.6 Å². The molecule has 0 radical (unpaired) electrons. The molecule has 3 nitrogen and oxygen atoms in total. The topological polar surface area (TPSA) is 37.4 Å². The van der Waals surface area contributed by atoms with Crippen LogP contribution in [0.2, 0.25) is 5.02 Å². The summed E-state index contributed by atoms with van der Waals surface area (Å²) in [7, 11) is -4.14. The predicted molar refractivity (Wildman–Crippen MR) is 97.6 cm³/mol. The van der Waals surface area contributed by atoms with E-state index in [0.717, 1.165) is 28.6 Å². The highest BCUT2D eigenvalue weighted by atomic mass is 35.5. The Morgan fingerprint density at radius 2 is 1.46 bits per heavy atom. The number of sulfonamides is 1. The van der Waals surface area contributed by atoms with E-state index in [-0.39, 0.29) is 17.1 Å². The summed E-state index contributed by atoms with van der Waals surface area (Å²) in [5, 5.41) is 0.364. The first-order valence-corrected chi connectivity index (χ1v) is 9.47. The second-order valence-corrected chi connectivity index (χ2v) is 7.78. The molecule has 0 aliphatic heterocycles. The van der Waals surface area contributed by atoms with Crippen molar-refractivity contribution in [2.24, 2.45) is 0 Å². The van der Waals surface area contributed by atoms with Gasteiger partial charge in [-0.2, -0.15) is 0 Å². The van der Waals surface area contributed by atoms with E-state index in [9.17, 15) is 17.2 Å². The monoisotopic (exact) mass is 393 g/mol. The third-order valence-corrected chi connectivity index (χ3v) is 5.94. The molecule has 0 N–H and O–H groups in total. The molecule has 0 aliphatic rings. The Bertz CT molecular complexity index is 1020. The molecule has 0 aliphatic carbocycles. The minimum Gasteiger partial charge on any atom is -0.259 e. The summed E-state index contributed by atoms with van der Waals surface area (Å²) in [6.07, 6.45) is 0. The van der Waals surface area contributed by atoms with Gasteiger partial charge in [-0.25, -0.2) is 17.2 Å². The number of halogens is 3. The molecule has 26 heavy (non-hydrogen) atoms. The van der Waals surface area contributed by atoms with Crippen LogP contribution in [0.25, 0.3) is 0 Å². The summed E-state index contributed by atoms with van der Waals surface area (Å²) in [5.74, 6) is -1.25. The van der Waals surface area contributed by atoms with Gasteiger partial charge in [0.25, 0.3) is 10.0 Å². The van der Waals surface area contributed by atoms with Crippen molar-refractivity contribution in [3.05, 3.63) is 95.0 Å². The Labute approximate surface area is 155 Å². The Kier molecular flexibility index (Phi) is 5.25. The van der Waals surface area contributed by atoms with Crippen LogP contribution in [0.5, 0.6) is 0 Å². The molecular weight excluding hydrogens is 380 g/mol. The van der Waals surface area contributed by atoms with E-state index < -0.39 is 21.7 Å². The van der Waals surface area contributed by atoms with Gasteiger partial charge in [0.05, 0.1) is 17.1 Å². The minimum atomic E-state index is -4.14. The van der Waals surface area contributed by atoms with Crippen LogP contribution in [0.4, 0.5) is 14.5 Å². The lowest BCUT2D eigenvalue weighted by atomic mass is 10.2. The molecule has 0 atom stereocenters. The van der Waals surface area contributed by atoms with Gasteiger partial charge in [-0.15, -0.1) is 0 Å². The summed E-state index contributed by atoms with van der Waals surface area (Å²) >= 11 is 6.15. The molecule has 0 unspecified atom stereocenters. The fraction of sp³-hybridized carbons (Fsp3) is 0.0526. The van der Waals surface area contributed by atoms with Crippen molar-refractivity contribution < 1.29 is 17.2 Å². The van der Waals surface area contributed by atoms with Crippen LogP contribution >= 0.6 is 11.6 Å². The number of nitrogens with zero attached hydrogens (tertiary/aromatic N) is 1. The second-order valence-electron chi connectivity index (χ2n) is 5.51. The molecule has 0 saturated heterocycles. The normalized spacial score (nSPS) is 11.3. The quantitative estimate of drug-likeness (QED) is 0.610. The summed E-state index contributed by atoms with van der Waals surface area (Å²) in [5.41, 5.74) is 0.403. The lowest BCUT2D eigenvalue weighted by Gasteiger charge is -2.25. The Hall–Kier alpha value is -2.44. The summed E-state index contributed by atoms with van der Waals surface area (Å²) in [4.78, 5) is -0.144. The van der Waals surface area contributed by atoms with E-state index in [0.29, 0.717) is 10.6 Å². The Balaban J connectivity index is 2.13. The zero-order chi connectivity index (χ0) is 18.7. The predicted octanol–water partition coefficient (Wildman–Crippen LogP) is 5.01. The average Bonchev–Trinajstić information content (AvgIpc) is 2.62. The van der Waals surface area contributed by atoms with E-state index in [2.05, 4.69) is 0 Å². The molecule has 134 valence electrons. The number of hydrogen-bond acceptors (Lipinski definition) is 2. The molecule has 0 heterocycles. The highest BCUT2D eigenvalue weighted by Crippen LogP contribution is 2.30. The van der Waals surface area contributed by atoms with Gasteiger partial charge in [0, 0.05) is 5.02 Å². The molecule has 0 aromatic heterocycles. The van der Waals surface area contributed by atoms with Crippen LogP contribution in [-0.4, -0.2) is 8.42 Å². The smallest absolute Gasteiger partial charge is 0.259 e. The van der Waals surface area contributed by atoms with Crippen LogP contribution < -0.4 is 4.31 Å². The first-order chi connectivity index (χ1) is 12.4.